The van der Waals surface area contributed by atoms with E-state index in [2.05, 4.69) is 0 Å². The Balaban J connectivity index is 2.72. The molecule has 10 heteroatoms. The van der Waals surface area contributed by atoms with Crippen LogP contribution in [-0.2, 0) is 14.8 Å². The van der Waals surface area contributed by atoms with Gasteiger partial charge in [-0.3, -0.25) is 24.6 Å². The average Bonchev–Trinajstić information content (AvgIpc) is 2.65. The van der Waals surface area contributed by atoms with Gasteiger partial charge in [0.1, 0.15) is 6.54 Å². The van der Waals surface area contributed by atoms with Crippen LogP contribution in [0.1, 0.15) is 25.3 Å². The van der Waals surface area contributed by atoms with Gasteiger partial charge in [-0.05, 0) is 23.6 Å². The number of hydrogen-bond donors (Lipinski definition) is 2. The summed E-state index contributed by atoms with van der Waals surface area (Å²) in [6.07, 6.45) is 0. The van der Waals surface area contributed by atoms with Gasteiger partial charge in [0.25, 0.3) is 21.6 Å². The first-order chi connectivity index (χ1) is 12.7. The zero-order chi connectivity index (χ0) is 20.2. The number of nitrogens with two attached hydrogens (primary N) is 1. The van der Waals surface area contributed by atoms with E-state index in [-0.39, 0.29) is 11.6 Å². The summed E-state index contributed by atoms with van der Waals surface area (Å²) in [7, 11) is -4.42. The van der Waals surface area contributed by atoms with Crippen molar-refractivity contribution in [3.63, 3.8) is 0 Å². The third-order valence-corrected chi connectivity index (χ3v) is 5.71. The Hall–Kier alpha value is -2.98. The summed E-state index contributed by atoms with van der Waals surface area (Å²) in [4.78, 5) is 21.9. The van der Waals surface area contributed by atoms with E-state index in [9.17, 15) is 23.3 Å². The fourth-order valence-corrected chi connectivity index (χ4v) is 4.23. The summed E-state index contributed by atoms with van der Waals surface area (Å²) in [6, 6.07) is 11.7. The number of amides is 1. The van der Waals surface area contributed by atoms with Crippen molar-refractivity contribution >= 4 is 27.3 Å². The van der Waals surface area contributed by atoms with E-state index in [1.807, 2.05) is 19.3 Å². The minimum atomic E-state index is -4.42. The Bertz CT molecular complexity index is 959. The Kier molecular flexibility index (Phi) is 6.13. The molecule has 2 rings (SSSR count). The van der Waals surface area contributed by atoms with Crippen molar-refractivity contribution in [2.24, 2.45) is 5.84 Å². The molecule has 0 unspecified atom stereocenters. The normalized spacial score (nSPS) is 11.3. The van der Waals surface area contributed by atoms with E-state index < -0.39 is 38.0 Å². The van der Waals surface area contributed by atoms with Crippen molar-refractivity contribution in [3.05, 3.63) is 64.2 Å². The van der Waals surface area contributed by atoms with Gasteiger partial charge < -0.3 is 0 Å². The van der Waals surface area contributed by atoms with Crippen LogP contribution in [0.15, 0.2) is 53.4 Å². The Morgan fingerprint density at radius 2 is 1.78 bits per heavy atom. The Labute approximate surface area is 157 Å². The second-order valence-electron chi connectivity index (χ2n) is 6.02. The van der Waals surface area contributed by atoms with Crippen LogP contribution in [0.4, 0.5) is 11.4 Å². The monoisotopic (exact) mass is 392 g/mol. The summed E-state index contributed by atoms with van der Waals surface area (Å²) >= 11 is 0. The molecule has 0 aromatic heterocycles. The van der Waals surface area contributed by atoms with E-state index in [0.717, 1.165) is 16.4 Å². The van der Waals surface area contributed by atoms with Crippen LogP contribution in [0.3, 0.4) is 0 Å². The lowest BCUT2D eigenvalue weighted by atomic mass is 10.0. The standard InChI is InChI=1S/C17H20N4O5S/c1-12(2)13-7-3-4-8-14(13)20(11-17(22)19-18)27(25,26)16-10-6-5-9-15(16)21(23)24/h3-10,12H,11,18H2,1-2H3,(H,19,22). The molecule has 0 atom stereocenters. The number of rotatable bonds is 7. The number of para-hydroxylation sites is 2. The first-order valence-electron chi connectivity index (χ1n) is 8.04. The highest BCUT2D eigenvalue weighted by Gasteiger charge is 2.34. The van der Waals surface area contributed by atoms with Crippen molar-refractivity contribution in [1.82, 2.24) is 5.43 Å². The summed E-state index contributed by atoms with van der Waals surface area (Å²) in [5.41, 5.74) is 2.25. The number of carbonyl (C=O) groups excluding carboxylic acids is 1. The van der Waals surface area contributed by atoms with Crippen LogP contribution in [0, 0.1) is 10.1 Å². The largest absolute Gasteiger partial charge is 0.293 e. The highest BCUT2D eigenvalue weighted by molar-refractivity contribution is 7.93. The van der Waals surface area contributed by atoms with Gasteiger partial charge in [-0.15, -0.1) is 0 Å². The van der Waals surface area contributed by atoms with Crippen LogP contribution in [0.25, 0.3) is 0 Å². The lowest BCUT2D eigenvalue weighted by molar-refractivity contribution is -0.387. The molecule has 9 nitrogen and oxygen atoms in total. The van der Waals surface area contributed by atoms with Gasteiger partial charge in [-0.25, -0.2) is 14.3 Å². The van der Waals surface area contributed by atoms with Crippen LogP contribution >= 0.6 is 0 Å². The fourth-order valence-electron chi connectivity index (χ4n) is 2.62. The number of anilines is 1. The third kappa shape index (κ3) is 4.23. The molecular weight excluding hydrogens is 372 g/mol. The van der Waals surface area contributed by atoms with Gasteiger partial charge in [0.05, 0.1) is 10.6 Å². The van der Waals surface area contributed by atoms with Crippen molar-refractivity contribution < 1.29 is 18.1 Å². The molecule has 0 aliphatic carbocycles. The molecule has 2 aromatic carbocycles. The van der Waals surface area contributed by atoms with Gasteiger partial charge in [0.2, 0.25) is 0 Å². The molecule has 0 bridgehead atoms. The fraction of sp³-hybridized carbons (Fsp3) is 0.235. The molecule has 2 aromatic rings. The van der Waals surface area contributed by atoms with Crippen LogP contribution in [0.2, 0.25) is 0 Å². The van der Waals surface area contributed by atoms with E-state index in [0.29, 0.717) is 5.56 Å². The predicted octanol–water partition coefficient (Wildman–Crippen LogP) is 1.90. The molecule has 0 heterocycles. The zero-order valence-corrected chi connectivity index (χ0v) is 15.6. The summed E-state index contributed by atoms with van der Waals surface area (Å²) in [5, 5.41) is 11.3. The highest BCUT2D eigenvalue weighted by atomic mass is 32.2. The average molecular weight is 392 g/mol. The van der Waals surface area contributed by atoms with E-state index >= 15 is 0 Å². The van der Waals surface area contributed by atoms with Crippen molar-refractivity contribution in [1.29, 1.82) is 0 Å². The number of nitrogens with zero attached hydrogens (tertiary/aromatic N) is 2. The zero-order valence-electron chi connectivity index (χ0n) is 14.8. The van der Waals surface area contributed by atoms with E-state index in [1.54, 1.807) is 24.3 Å². The number of carbonyl (C=O) groups is 1. The molecule has 27 heavy (non-hydrogen) atoms. The smallest absolute Gasteiger partial charge is 0.289 e. The Morgan fingerprint density at radius 1 is 1.19 bits per heavy atom. The molecule has 0 saturated heterocycles. The van der Waals surface area contributed by atoms with Crippen LogP contribution in [0.5, 0.6) is 0 Å². The SMILES string of the molecule is CC(C)c1ccccc1N(CC(=O)NN)S(=O)(=O)c1ccccc1[N+](=O)[O-]. The minimum Gasteiger partial charge on any atom is -0.293 e. The van der Waals surface area contributed by atoms with Gasteiger partial charge in [0.15, 0.2) is 4.90 Å². The second kappa shape index (κ2) is 8.14. The number of sulfonamides is 1. The van der Waals surface area contributed by atoms with Crippen LogP contribution < -0.4 is 15.6 Å². The van der Waals surface area contributed by atoms with Gasteiger partial charge in [-0.1, -0.05) is 44.2 Å². The third-order valence-electron chi connectivity index (χ3n) is 3.91. The first kappa shape index (κ1) is 20.3. The van der Waals surface area contributed by atoms with E-state index in [4.69, 9.17) is 5.84 Å². The predicted molar refractivity (Wildman–Crippen MR) is 100 cm³/mol. The molecule has 3 N–H and O–H groups in total. The maximum Gasteiger partial charge on any atom is 0.289 e. The molecule has 0 spiro atoms. The number of hydrogen-bond acceptors (Lipinski definition) is 6. The van der Waals surface area contributed by atoms with Crippen LogP contribution in [-0.4, -0.2) is 25.8 Å². The molecule has 0 aliphatic heterocycles. The number of hydrazine groups is 1. The first-order valence-corrected chi connectivity index (χ1v) is 9.48. The summed E-state index contributed by atoms with van der Waals surface area (Å²) in [5.74, 6) is 4.32. The number of nitro benzene ring substituents is 1. The molecule has 0 aliphatic rings. The quantitative estimate of drug-likeness (QED) is 0.320. The molecular formula is C17H20N4O5S. The lowest BCUT2D eigenvalue weighted by Crippen LogP contribution is -2.43. The Morgan fingerprint density at radius 3 is 2.37 bits per heavy atom. The van der Waals surface area contributed by atoms with Crippen molar-refractivity contribution in [3.8, 4) is 0 Å². The molecule has 0 radical (unpaired) electrons. The highest BCUT2D eigenvalue weighted by Crippen LogP contribution is 2.34. The number of nitro groups is 1. The second-order valence-corrected chi connectivity index (χ2v) is 7.85. The summed E-state index contributed by atoms with van der Waals surface area (Å²) < 4.78 is 27.4. The topological polar surface area (TPSA) is 136 Å². The van der Waals surface area contributed by atoms with Gasteiger partial charge >= 0.3 is 0 Å². The molecule has 0 fully saturated rings. The van der Waals surface area contributed by atoms with Gasteiger partial charge in [-0.2, -0.15) is 0 Å². The molecule has 144 valence electrons. The van der Waals surface area contributed by atoms with E-state index in [1.165, 1.54) is 12.1 Å². The lowest BCUT2D eigenvalue weighted by Gasteiger charge is -2.26. The minimum absolute atomic E-state index is 0.0504. The molecule has 1 amide bonds. The summed E-state index contributed by atoms with van der Waals surface area (Å²) in [6.45, 7) is 3.13. The molecule has 0 saturated carbocycles. The van der Waals surface area contributed by atoms with Gasteiger partial charge in [0, 0.05) is 6.07 Å². The number of nitrogens with one attached hydrogen (secondary N) is 1. The van der Waals surface area contributed by atoms with Crippen molar-refractivity contribution in [2.75, 3.05) is 10.8 Å². The maximum atomic E-state index is 13.3. The maximum absolute atomic E-state index is 13.3. The number of benzene rings is 2. The van der Waals surface area contributed by atoms with Crippen molar-refractivity contribution in [2.45, 2.75) is 24.7 Å².